The lowest BCUT2D eigenvalue weighted by atomic mass is 10.0. The van der Waals surface area contributed by atoms with Gasteiger partial charge in [0.2, 0.25) is 0 Å². The maximum absolute atomic E-state index is 5.61. The third kappa shape index (κ3) is 2.84. The first kappa shape index (κ1) is 9.08. The van der Waals surface area contributed by atoms with E-state index >= 15 is 0 Å². The summed E-state index contributed by atoms with van der Waals surface area (Å²) in [6.07, 6.45) is 4.05. The molecule has 0 aromatic heterocycles. The van der Waals surface area contributed by atoms with Crippen molar-refractivity contribution >= 4 is 11.6 Å². The van der Waals surface area contributed by atoms with E-state index in [0.717, 1.165) is 13.1 Å². The topological polar surface area (TPSA) is 12.0 Å². The van der Waals surface area contributed by atoms with Crippen LogP contribution in [-0.4, -0.2) is 13.1 Å². The molecule has 0 heterocycles. The van der Waals surface area contributed by atoms with Gasteiger partial charge in [-0.25, -0.2) is 0 Å². The molecule has 0 aromatic carbocycles. The highest BCUT2D eigenvalue weighted by molar-refractivity contribution is 6.29. The first-order valence-corrected chi connectivity index (χ1v) is 4.60. The summed E-state index contributed by atoms with van der Waals surface area (Å²) in [6, 6.07) is 0. The summed E-state index contributed by atoms with van der Waals surface area (Å²) in [5, 5.41) is 4.01. The van der Waals surface area contributed by atoms with Crippen LogP contribution in [0, 0.1) is 5.41 Å². The van der Waals surface area contributed by atoms with Crippen molar-refractivity contribution in [2.45, 2.75) is 26.2 Å². The molecule has 0 radical (unpaired) electrons. The minimum atomic E-state index is 0.617. The molecule has 0 spiro atoms. The van der Waals surface area contributed by atoms with Crippen molar-refractivity contribution in [1.29, 1.82) is 0 Å². The predicted octanol–water partition coefficient (Wildman–Crippen LogP) is 2.52. The van der Waals surface area contributed by atoms with E-state index in [9.17, 15) is 0 Å². The van der Waals surface area contributed by atoms with Gasteiger partial charge in [-0.2, -0.15) is 0 Å². The molecule has 1 aliphatic carbocycles. The van der Waals surface area contributed by atoms with Crippen molar-refractivity contribution in [3.63, 3.8) is 0 Å². The lowest BCUT2D eigenvalue weighted by molar-refractivity contribution is 0.455. The zero-order chi connectivity index (χ0) is 8.32. The molecule has 2 heteroatoms. The fraction of sp³-hybridized carbons (Fsp3) is 0.778. The number of halogens is 1. The van der Waals surface area contributed by atoms with Crippen molar-refractivity contribution in [2.75, 3.05) is 13.1 Å². The van der Waals surface area contributed by atoms with Gasteiger partial charge in [-0.15, -0.1) is 0 Å². The molecule has 1 saturated carbocycles. The van der Waals surface area contributed by atoms with Gasteiger partial charge in [-0.05, 0) is 24.7 Å². The molecule has 1 nitrogen and oxygen atoms in total. The van der Waals surface area contributed by atoms with Gasteiger partial charge in [0.05, 0.1) is 0 Å². The van der Waals surface area contributed by atoms with Crippen LogP contribution in [0.25, 0.3) is 0 Å². The van der Waals surface area contributed by atoms with E-state index < -0.39 is 0 Å². The fourth-order valence-corrected chi connectivity index (χ4v) is 1.39. The first-order valence-electron chi connectivity index (χ1n) is 4.22. The predicted molar refractivity (Wildman–Crippen MR) is 49.8 cm³/mol. The van der Waals surface area contributed by atoms with Crippen molar-refractivity contribution in [3.05, 3.63) is 11.6 Å². The van der Waals surface area contributed by atoms with Gasteiger partial charge in [-0.3, -0.25) is 0 Å². The summed E-state index contributed by atoms with van der Waals surface area (Å²) in [5.41, 5.74) is 0.617. The largest absolute Gasteiger partial charge is 0.311 e. The van der Waals surface area contributed by atoms with Crippen LogP contribution in [0.4, 0.5) is 0 Å². The zero-order valence-electron chi connectivity index (χ0n) is 7.12. The van der Waals surface area contributed by atoms with Crippen LogP contribution in [0.5, 0.6) is 0 Å². The second kappa shape index (κ2) is 3.59. The molecule has 0 saturated heterocycles. The minimum Gasteiger partial charge on any atom is -0.311 e. The Morgan fingerprint density at radius 2 is 2.27 bits per heavy atom. The summed E-state index contributed by atoms with van der Waals surface area (Å²) >= 11 is 5.61. The quantitative estimate of drug-likeness (QED) is 0.674. The van der Waals surface area contributed by atoms with Gasteiger partial charge in [0.1, 0.15) is 0 Å². The van der Waals surface area contributed by atoms with Crippen LogP contribution < -0.4 is 5.32 Å². The Hall–Kier alpha value is -0.0100. The average Bonchev–Trinajstić information content (AvgIpc) is 2.69. The zero-order valence-corrected chi connectivity index (χ0v) is 7.88. The molecular formula is C9H16ClN. The van der Waals surface area contributed by atoms with Crippen LogP contribution in [0.1, 0.15) is 26.2 Å². The van der Waals surface area contributed by atoms with E-state index in [0.29, 0.717) is 10.4 Å². The highest BCUT2D eigenvalue weighted by Crippen LogP contribution is 2.47. The van der Waals surface area contributed by atoms with Crippen LogP contribution in [0.15, 0.2) is 11.6 Å². The number of hydrogen-bond donors (Lipinski definition) is 1. The number of rotatable bonds is 5. The Labute approximate surface area is 73.8 Å². The maximum atomic E-state index is 5.61. The molecule has 0 aliphatic heterocycles. The van der Waals surface area contributed by atoms with Crippen LogP contribution in [0.2, 0.25) is 0 Å². The molecule has 0 amide bonds. The van der Waals surface area contributed by atoms with Crippen LogP contribution >= 0.6 is 11.6 Å². The van der Waals surface area contributed by atoms with Gasteiger partial charge in [0.15, 0.2) is 0 Å². The highest BCUT2D eigenvalue weighted by atomic mass is 35.5. The Balaban J connectivity index is 2.07. The molecular weight excluding hydrogens is 158 g/mol. The van der Waals surface area contributed by atoms with E-state index in [1.54, 1.807) is 0 Å². The van der Waals surface area contributed by atoms with Crippen molar-refractivity contribution in [1.82, 2.24) is 5.32 Å². The van der Waals surface area contributed by atoms with E-state index in [1.807, 2.05) is 0 Å². The summed E-state index contributed by atoms with van der Waals surface area (Å²) in [7, 11) is 0. The molecule has 11 heavy (non-hydrogen) atoms. The van der Waals surface area contributed by atoms with Crippen molar-refractivity contribution in [3.8, 4) is 0 Å². The summed E-state index contributed by atoms with van der Waals surface area (Å²) < 4.78 is 0. The number of nitrogens with one attached hydrogen (secondary N) is 1. The second-order valence-corrected chi connectivity index (χ2v) is 4.01. The van der Waals surface area contributed by atoms with Gasteiger partial charge < -0.3 is 5.32 Å². The lowest BCUT2D eigenvalue weighted by Gasteiger charge is -2.12. The van der Waals surface area contributed by atoms with E-state index in [1.165, 1.54) is 19.3 Å². The third-order valence-corrected chi connectivity index (χ3v) is 2.66. The first-order chi connectivity index (χ1) is 5.18. The Bertz CT molecular complexity index is 150. The Morgan fingerprint density at radius 3 is 2.64 bits per heavy atom. The molecule has 0 atom stereocenters. The fourth-order valence-electron chi connectivity index (χ4n) is 1.30. The van der Waals surface area contributed by atoms with Crippen molar-refractivity contribution in [2.24, 2.45) is 5.41 Å². The van der Waals surface area contributed by atoms with Crippen LogP contribution in [0.3, 0.4) is 0 Å². The third-order valence-electron chi connectivity index (χ3n) is 2.52. The lowest BCUT2D eigenvalue weighted by Crippen LogP contribution is -2.24. The molecule has 1 rings (SSSR count). The van der Waals surface area contributed by atoms with Gasteiger partial charge in [0.25, 0.3) is 0 Å². The van der Waals surface area contributed by atoms with Gasteiger partial charge in [0, 0.05) is 18.1 Å². The monoisotopic (exact) mass is 173 g/mol. The average molecular weight is 174 g/mol. The Morgan fingerprint density at radius 1 is 1.64 bits per heavy atom. The molecule has 0 unspecified atom stereocenters. The summed E-state index contributed by atoms with van der Waals surface area (Å²) in [4.78, 5) is 0. The summed E-state index contributed by atoms with van der Waals surface area (Å²) in [6.45, 7) is 7.74. The normalized spacial score (nSPS) is 19.8. The molecule has 1 N–H and O–H groups in total. The van der Waals surface area contributed by atoms with Gasteiger partial charge >= 0.3 is 0 Å². The van der Waals surface area contributed by atoms with Crippen LogP contribution in [-0.2, 0) is 0 Å². The SMILES string of the molecule is C=C(Cl)CNCC1(CC)CC1. The Kier molecular flexibility index (Phi) is 2.97. The van der Waals surface area contributed by atoms with Gasteiger partial charge in [-0.1, -0.05) is 25.1 Å². The standard InChI is InChI=1S/C9H16ClN/c1-3-9(4-5-9)7-11-6-8(2)10/h11H,2-7H2,1H3. The van der Waals surface area contributed by atoms with E-state index in [2.05, 4.69) is 18.8 Å². The molecule has 1 fully saturated rings. The van der Waals surface area contributed by atoms with E-state index in [4.69, 9.17) is 11.6 Å². The number of hydrogen-bond acceptors (Lipinski definition) is 1. The highest BCUT2D eigenvalue weighted by Gasteiger charge is 2.39. The molecule has 64 valence electrons. The maximum Gasteiger partial charge on any atom is 0.0307 e. The van der Waals surface area contributed by atoms with E-state index in [-0.39, 0.29) is 0 Å². The minimum absolute atomic E-state index is 0.617. The smallest absolute Gasteiger partial charge is 0.0307 e. The molecule has 0 aromatic rings. The molecule has 0 bridgehead atoms. The summed E-state index contributed by atoms with van der Waals surface area (Å²) in [5.74, 6) is 0. The second-order valence-electron chi connectivity index (χ2n) is 3.47. The van der Waals surface area contributed by atoms with Crippen molar-refractivity contribution < 1.29 is 0 Å². The molecule has 1 aliphatic rings.